The summed E-state index contributed by atoms with van der Waals surface area (Å²) in [5.74, 6) is 4.29. The Balaban J connectivity index is 3.05. The van der Waals surface area contributed by atoms with Crippen molar-refractivity contribution >= 4 is 5.91 Å². The molecule has 0 radical (unpaired) electrons. The number of hydrogen-bond acceptors (Lipinski definition) is 3. The van der Waals surface area contributed by atoms with Gasteiger partial charge in [0.1, 0.15) is 0 Å². The fourth-order valence-corrected chi connectivity index (χ4v) is 0.610. The highest BCUT2D eigenvalue weighted by Crippen LogP contribution is 1.84. The number of aromatic nitrogens is 2. The predicted octanol–water partition coefficient (Wildman–Crippen LogP) is -1.47. The van der Waals surface area contributed by atoms with Gasteiger partial charge in [-0.25, -0.2) is 5.84 Å². The predicted molar refractivity (Wildman–Crippen MR) is 35.8 cm³/mol. The molecule has 0 saturated carbocycles. The van der Waals surface area contributed by atoms with Crippen LogP contribution in [0.3, 0.4) is 0 Å². The summed E-state index contributed by atoms with van der Waals surface area (Å²) in [5, 5.41) is 0. The van der Waals surface area contributed by atoms with E-state index in [2.05, 4.69) is 4.98 Å². The van der Waals surface area contributed by atoms with Crippen LogP contribution < -0.4 is 15.7 Å². The molecule has 1 aromatic rings. The maximum absolute atomic E-state index is 10.7. The highest BCUT2D eigenvalue weighted by molar-refractivity contribution is 5.91. The Morgan fingerprint density at radius 3 is 3.00 bits per heavy atom. The van der Waals surface area contributed by atoms with Crippen LogP contribution in [0, 0.1) is 4.91 Å². The number of aromatic amines is 1. The van der Waals surface area contributed by atoms with Crippen LogP contribution in [0.15, 0.2) is 18.6 Å². The Labute approximate surface area is 61.6 Å². The molecule has 11 heavy (non-hydrogen) atoms. The molecular formula is C5H7N4O2+. The SMILES string of the molecule is NNC(=O)c1c[n+](=O)cc[nH]1. The summed E-state index contributed by atoms with van der Waals surface area (Å²) in [6.07, 6.45) is 3.66. The number of nitrogens with zero attached hydrogens (tertiary/aromatic N) is 1. The van der Waals surface area contributed by atoms with E-state index in [1.54, 1.807) is 0 Å². The number of rotatable bonds is 1. The summed E-state index contributed by atoms with van der Waals surface area (Å²) < 4.78 is 0.501. The van der Waals surface area contributed by atoms with Crippen molar-refractivity contribution < 1.29 is 9.22 Å². The Kier molecular flexibility index (Phi) is 1.98. The maximum Gasteiger partial charge on any atom is 0.288 e. The minimum atomic E-state index is -0.532. The van der Waals surface area contributed by atoms with E-state index in [1.807, 2.05) is 5.43 Å². The summed E-state index contributed by atoms with van der Waals surface area (Å²) in [7, 11) is 0. The summed E-state index contributed by atoms with van der Waals surface area (Å²) in [4.78, 5) is 23.9. The van der Waals surface area contributed by atoms with Crippen molar-refractivity contribution in [1.82, 2.24) is 10.4 Å². The molecule has 0 aliphatic heterocycles. The van der Waals surface area contributed by atoms with E-state index in [9.17, 15) is 9.70 Å². The van der Waals surface area contributed by atoms with Crippen molar-refractivity contribution in [2.75, 3.05) is 0 Å². The van der Waals surface area contributed by atoms with Gasteiger partial charge in [0.25, 0.3) is 12.1 Å². The van der Waals surface area contributed by atoms with Crippen LogP contribution >= 0.6 is 0 Å². The van der Waals surface area contributed by atoms with Gasteiger partial charge in [-0.15, -0.1) is 0 Å². The van der Waals surface area contributed by atoms with Gasteiger partial charge >= 0.3 is 0 Å². The van der Waals surface area contributed by atoms with Crippen molar-refractivity contribution in [3.8, 4) is 0 Å². The first-order valence-electron chi connectivity index (χ1n) is 2.85. The van der Waals surface area contributed by atoms with Crippen molar-refractivity contribution in [1.29, 1.82) is 0 Å². The van der Waals surface area contributed by atoms with Crippen LogP contribution in [0.1, 0.15) is 10.5 Å². The Morgan fingerprint density at radius 1 is 1.73 bits per heavy atom. The summed E-state index contributed by atoms with van der Waals surface area (Å²) in [6.45, 7) is 0. The van der Waals surface area contributed by atoms with Crippen molar-refractivity contribution in [3.05, 3.63) is 29.2 Å². The molecule has 0 spiro atoms. The molecule has 0 fully saturated rings. The second-order valence-electron chi connectivity index (χ2n) is 1.84. The number of amides is 1. The zero-order chi connectivity index (χ0) is 8.27. The smallest absolute Gasteiger partial charge is 0.288 e. The summed E-state index contributed by atoms with van der Waals surface area (Å²) >= 11 is 0. The standard InChI is InChI=1S/C5H6N4O2/c6-8-5(10)4-3-9(11)2-1-7-4/h1-3H,(H3-,6,7,8,10,11)/p+1. The van der Waals surface area contributed by atoms with Crippen LogP contribution in [0.5, 0.6) is 0 Å². The van der Waals surface area contributed by atoms with Gasteiger partial charge in [0, 0.05) is 4.91 Å². The third-order valence-electron chi connectivity index (χ3n) is 1.09. The third-order valence-corrected chi connectivity index (χ3v) is 1.09. The number of carbonyl (C=O) groups excluding carboxylic acids is 1. The van der Waals surface area contributed by atoms with Crippen molar-refractivity contribution in [2.24, 2.45) is 5.84 Å². The molecule has 0 aromatic carbocycles. The summed E-state index contributed by atoms with van der Waals surface area (Å²) in [6, 6.07) is 0. The quantitative estimate of drug-likeness (QED) is 0.200. The lowest BCUT2D eigenvalue weighted by Crippen LogP contribution is -2.32. The molecule has 1 heterocycles. The fraction of sp³-hybridized carbons (Fsp3) is 0. The molecule has 0 aliphatic carbocycles. The highest BCUT2D eigenvalue weighted by Gasteiger charge is 2.07. The number of hydrogen-bond donors (Lipinski definition) is 3. The number of nitrogen functional groups attached to an aromatic ring is 1. The van der Waals surface area contributed by atoms with Gasteiger partial charge in [0.05, 0.1) is 10.6 Å². The number of nitrogens with two attached hydrogens (primary N) is 1. The number of nitrogens with one attached hydrogen (secondary N) is 2. The molecule has 0 unspecified atom stereocenters. The fourth-order valence-electron chi connectivity index (χ4n) is 0.610. The van der Waals surface area contributed by atoms with Crippen LogP contribution in [0.25, 0.3) is 0 Å². The van der Waals surface area contributed by atoms with Gasteiger partial charge in [0.15, 0.2) is 5.69 Å². The molecule has 1 aromatic heterocycles. The average molecular weight is 155 g/mol. The lowest BCUT2D eigenvalue weighted by atomic mass is 10.4. The summed E-state index contributed by atoms with van der Waals surface area (Å²) in [5.41, 5.74) is 2.00. The molecule has 0 atom stereocenters. The molecule has 0 saturated heterocycles. The van der Waals surface area contributed by atoms with Gasteiger partial charge in [-0.1, -0.05) is 0 Å². The van der Waals surface area contributed by atoms with E-state index in [1.165, 1.54) is 12.4 Å². The van der Waals surface area contributed by atoms with Gasteiger partial charge in [-0.05, 0) is 0 Å². The van der Waals surface area contributed by atoms with Crippen LogP contribution in [0.2, 0.25) is 0 Å². The van der Waals surface area contributed by atoms with Gasteiger partial charge in [0.2, 0.25) is 6.20 Å². The largest absolute Gasteiger partial charge is 0.347 e. The molecule has 4 N–H and O–H groups in total. The van der Waals surface area contributed by atoms with Gasteiger partial charge < -0.3 is 4.98 Å². The molecule has 6 nitrogen and oxygen atoms in total. The Hall–Kier alpha value is -1.69. The van der Waals surface area contributed by atoms with E-state index in [4.69, 9.17) is 5.84 Å². The number of hydrazine groups is 1. The first-order chi connectivity index (χ1) is 5.24. The van der Waals surface area contributed by atoms with Crippen LogP contribution in [-0.4, -0.2) is 10.9 Å². The van der Waals surface area contributed by atoms with E-state index in [-0.39, 0.29) is 5.69 Å². The van der Waals surface area contributed by atoms with E-state index in [0.29, 0.717) is 4.43 Å². The number of carbonyl (C=O) groups is 1. The second kappa shape index (κ2) is 2.93. The third kappa shape index (κ3) is 1.62. The highest BCUT2D eigenvalue weighted by atomic mass is 16.3. The first-order valence-corrected chi connectivity index (χ1v) is 2.85. The minimum Gasteiger partial charge on any atom is -0.347 e. The lowest BCUT2D eigenvalue weighted by molar-refractivity contribution is -0.495. The number of H-pyrrole nitrogens is 1. The maximum atomic E-state index is 10.7. The topological polar surface area (TPSA) is 93.9 Å². The molecule has 0 bridgehead atoms. The molecule has 1 rings (SSSR count). The normalized spacial score (nSPS) is 9.18. The first kappa shape index (κ1) is 7.42. The molecule has 6 heteroatoms. The van der Waals surface area contributed by atoms with Crippen molar-refractivity contribution in [3.63, 3.8) is 0 Å². The molecule has 1 amide bonds. The zero-order valence-electron chi connectivity index (χ0n) is 5.57. The van der Waals surface area contributed by atoms with E-state index >= 15 is 0 Å². The molecular weight excluding hydrogens is 148 g/mol. The average Bonchev–Trinajstić information content (AvgIpc) is 2.03. The molecule has 58 valence electrons. The Morgan fingerprint density at radius 2 is 2.45 bits per heavy atom. The zero-order valence-corrected chi connectivity index (χ0v) is 5.57. The van der Waals surface area contributed by atoms with Crippen LogP contribution in [0.4, 0.5) is 0 Å². The van der Waals surface area contributed by atoms with E-state index < -0.39 is 5.91 Å². The lowest BCUT2D eigenvalue weighted by Gasteiger charge is -1.92. The van der Waals surface area contributed by atoms with Crippen molar-refractivity contribution in [2.45, 2.75) is 0 Å². The Bertz CT molecular complexity index is 318. The van der Waals surface area contributed by atoms with Crippen LogP contribution in [-0.2, 0) is 0 Å². The molecule has 0 aliphatic rings. The van der Waals surface area contributed by atoms with Gasteiger partial charge in [-0.3, -0.25) is 10.2 Å². The monoisotopic (exact) mass is 155 g/mol. The van der Waals surface area contributed by atoms with Gasteiger partial charge in [-0.2, -0.15) is 0 Å². The second-order valence-corrected chi connectivity index (χ2v) is 1.84. The minimum absolute atomic E-state index is 0.116. The van der Waals surface area contributed by atoms with E-state index in [0.717, 1.165) is 6.20 Å².